The fraction of sp³-hybridized carbons (Fsp3) is 0.484. The van der Waals surface area contributed by atoms with Gasteiger partial charge in [-0.3, -0.25) is 13.9 Å². The summed E-state index contributed by atoms with van der Waals surface area (Å²) in [5.74, 6) is 2.60. The first-order valence-corrected chi connectivity index (χ1v) is 13.3. The molecule has 1 aromatic heterocycles. The summed E-state index contributed by atoms with van der Waals surface area (Å²) in [5.41, 5.74) is 2.61. The van der Waals surface area contributed by atoms with Gasteiger partial charge in [-0.25, -0.2) is 4.79 Å². The number of nitrogens with zero attached hydrogens (tertiary/aromatic N) is 2. The van der Waals surface area contributed by atoms with Crippen LogP contribution in [-0.4, -0.2) is 9.13 Å². The van der Waals surface area contributed by atoms with Crippen LogP contribution in [0.1, 0.15) is 69.2 Å². The van der Waals surface area contributed by atoms with Crippen LogP contribution in [-0.2, 0) is 13.0 Å². The molecule has 4 bridgehead atoms. The van der Waals surface area contributed by atoms with Gasteiger partial charge in [0.1, 0.15) is 0 Å². The molecule has 180 valence electrons. The topological polar surface area (TPSA) is 44.0 Å². The molecule has 1 unspecified atom stereocenters. The van der Waals surface area contributed by atoms with Crippen molar-refractivity contribution < 1.29 is 0 Å². The van der Waals surface area contributed by atoms with Gasteiger partial charge in [0, 0.05) is 31.1 Å². The maximum Gasteiger partial charge on any atom is 0.332 e. The van der Waals surface area contributed by atoms with E-state index in [4.69, 9.17) is 0 Å². The summed E-state index contributed by atoms with van der Waals surface area (Å²) in [5, 5.41) is 0. The fourth-order valence-electron chi connectivity index (χ4n) is 7.97. The minimum Gasteiger partial charge on any atom is -0.286 e. The zero-order valence-corrected chi connectivity index (χ0v) is 20.6. The first-order chi connectivity index (χ1) is 17.0. The molecule has 35 heavy (non-hydrogen) atoms. The molecule has 4 saturated carbocycles. The first-order valence-electron chi connectivity index (χ1n) is 13.3. The molecule has 1 aromatic carbocycles. The second-order valence-corrected chi connectivity index (χ2v) is 11.4. The van der Waals surface area contributed by atoms with Crippen molar-refractivity contribution in [1.29, 1.82) is 0 Å². The number of rotatable bonds is 7. The van der Waals surface area contributed by atoms with Crippen LogP contribution in [0.25, 0.3) is 0 Å². The second-order valence-electron chi connectivity index (χ2n) is 11.4. The lowest BCUT2D eigenvalue weighted by Crippen LogP contribution is -2.48. The highest BCUT2D eigenvalue weighted by molar-refractivity contribution is 5.42. The number of aromatic nitrogens is 2. The normalized spacial score (nSPS) is 29.9. The van der Waals surface area contributed by atoms with E-state index in [9.17, 15) is 9.59 Å². The van der Waals surface area contributed by atoms with Gasteiger partial charge in [0.15, 0.2) is 0 Å². The molecular weight excluding hydrogens is 432 g/mol. The van der Waals surface area contributed by atoms with Gasteiger partial charge in [-0.2, -0.15) is 0 Å². The van der Waals surface area contributed by atoms with Gasteiger partial charge in [-0.05, 0) is 85.7 Å². The molecule has 4 radical (unpaired) electrons. The molecule has 2 aromatic rings. The van der Waals surface area contributed by atoms with E-state index in [0.29, 0.717) is 18.4 Å². The molecule has 4 heteroatoms. The molecule has 0 amide bonds. The van der Waals surface area contributed by atoms with E-state index in [-0.39, 0.29) is 17.3 Å². The standard InChI is InChI=1S/C31H34N2O2/c1-2-27-18-28(34)32(14-13-31-19-22-15-23(20-31)17-24(16-22)21-31)30(35)33(27)29(25-9-5-3-6-10-25)26-11-7-4-8-12-26/h3-7,9-11,18,22-24,29H,2,13-17,19-21H2,1H3. The quantitative estimate of drug-likeness (QED) is 0.546. The summed E-state index contributed by atoms with van der Waals surface area (Å²) in [4.78, 5) is 27.3. The van der Waals surface area contributed by atoms with E-state index in [1.165, 1.54) is 43.1 Å². The van der Waals surface area contributed by atoms with Crippen LogP contribution >= 0.6 is 0 Å². The molecule has 1 atom stereocenters. The molecule has 0 aliphatic heterocycles. The van der Waals surface area contributed by atoms with Gasteiger partial charge in [-0.15, -0.1) is 0 Å². The Kier molecular flexibility index (Phi) is 5.94. The lowest BCUT2D eigenvalue weighted by atomic mass is 9.49. The Morgan fingerprint density at radius 2 is 1.71 bits per heavy atom. The van der Waals surface area contributed by atoms with Crippen LogP contribution in [0, 0.1) is 36.0 Å². The van der Waals surface area contributed by atoms with Crippen LogP contribution in [0.5, 0.6) is 0 Å². The number of benzene rings is 1. The monoisotopic (exact) mass is 466 g/mol. The number of hydrogen-bond donors (Lipinski definition) is 0. The van der Waals surface area contributed by atoms with Crippen molar-refractivity contribution in [3.8, 4) is 0 Å². The van der Waals surface area contributed by atoms with Gasteiger partial charge < -0.3 is 0 Å². The Labute approximate surface area is 208 Å². The molecule has 1 heterocycles. The zero-order valence-electron chi connectivity index (χ0n) is 20.6. The molecule has 4 fully saturated rings. The highest BCUT2D eigenvalue weighted by atomic mass is 16.2. The molecular formula is C31H34N2O2. The first kappa shape index (κ1) is 22.8. The summed E-state index contributed by atoms with van der Waals surface area (Å²) < 4.78 is 3.34. The van der Waals surface area contributed by atoms with Crippen molar-refractivity contribution in [2.75, 3.05) is 0 Å². The SMILES string of the molecule is CCc1cc(=O)n(CCC23CC4CC(CC(C4)C2)C3)c(=O)n1C(C1=CC=C[C][C]1)c1ccccc1. The van der Waals surface area contributed by atoms with Crippen molar-refractivity contribution in [2.24, 2.45) is 23.2 Å². The fourth-order valence-corrected chi connectivity index (χ4v) is 7.97. The maximum atomic E-state index is 14.1. The van der Waals surface area contributed by atoms with Crippen molar-refractivity contribution >= 4 is 0 Å². The van der Waals surface area contributed by atoms with Crippen LogP contribution in [0.2, 0.25) is 0 Å². The van der Waals surface area contributed by atoms with E-state index in [1.54, 1.807) is 6.07 Å². The third kappa shape index (κ3) is 4.19. The number of aryl methyl sites for hydroxylation is 1. The van der Waals surface area contributed by atoms with Crippen LogP contribution in [0.15, 0.2) is 69.8 Å². The van der Waals surface area contributed by atoms with Crippen LogP contribution < -0.4 is 11.2 Å². The minimum absolute atomic E-state index is 0.164. The third-order valence-corrected chi connectivity index (χ3v) is 9.04. The van der Waals surface area contributed by atoms with E-state index >= 15 is 0 Å². The summed E-state index contributed by atoms with van der Waals surface area (Å²) >= 11 is 0. The highest BCUT2D eigenvalue weighted by Crippen LogP contribution is 2.61. The molecule has 0 saturated heterocycles. The van der Waals surface area contributed by atoms with Crippen molar-refractivity contribution in [3.05, 3.63) is 105 Å². The Balaban J connectivity index is 1.39. The summed E-state index contributed by atoms with van der Waals surface area (Å²) in [7, 11) is 0. The highest BCUT2D eigenvalue weighted by Gasteiger charge is 2.50. The van der Waals surface area contributed by atoms with Crippen molar-refractivity contribution in [1.82, 2.24) is 9.13 Å². The summed E-state index contributed by atoms with van der Waals surface area (Å²) in [6, 6.07) is 11.4. The predicted octanol–water partition coefficient (Wildman–Crippen LogP) is 5.43. The Hall–Kier alpha value is -2.62. The van der Waals surface area contributed by atoms with Crippen LogP contribution in [0.4, 0.5) is 0 Å². The Morgan fingerprint density at radius 1 is 1.03 bits per heavy atom. The molecule has 7 rings (SSSR count). The Morgan fingerprint density at radius 3 is 2.31 bits per heavy atom. The average molecular weight is 467 g/mol. The zero-order chi connectivity index (χ0) is 24.0. The maximum absolute atomic E-state index is 14.1. The van der Waals surface area contributed by atoms with Gasteiger partial charge in [0.05, 0.1) is 6.04 Å². The molecule has 5 aliphatic carbocycles. The number of hydrogen-bond acceptors (Lipinski definition) is 2. The van der Waals surface area contributed by atoms with Gasteiger partial charge in [0.25, 0.3) is 5.56 Å². The lowest BCUT2D eigenvalue weighted by molar-refractivity contribution is -0.0594. The molecule has 0 spiro atoms. The summed E-state index contributed by atoms with van der Waals surface area (Å²) in [6.07, 6.45) is 21.7. The second kappa shape index (κ2) is 9.11. The largest absolute Gasteiger partial charge is 0.332 e. The average Bonchev–Trinajstić information content (AvgIpc) is 2.85. The van der Waals surface area contributed by atoms with E-state index in [1.807, 2.05) is 60.1 Å². The van der Waals surface area contributed by atoms with Gasteiger partial charge in [0.2, 0.25) is 0 Å². The molecule has 4 nitrogen and oxygen atoms in total. The predicted molar refractivity (Wildman–Crippen MR) is 138 cm³/mol. The van der Waals surface area contributed by atoms with Crippen molar-refractivity contribution in [3.63, 3.8) is 0 Å². The number of allylic oxidation sites excluding steroid dienone is 4. The lowest BCUT2D eigenvalue weighted by Gasteiger charge is -2.57. The smallest absolute Gasteiger partial charge is 0.286 e. The van der Waals surface area contributed by atoms with E-state index in [2.05, 4.69) is 12.8 Å². The van der Waals surface area contributed by atoms with Gasteiger partial charge in [-0.1, -0.05) is 55.5 Å². The van der Waals surface area contributed by atoms with Crippen LogP contribution in [0.3, 0.4) is 0 Å². The van der Waals surface area contributed by atoms with Gasteiger partial charge >= 0.3 is 5.69 Å². The minimum atomic E-state index is -0.345. The molecule has 0 N–H and O–H groups in total. The third-order valence-electron chi connectivity index (χ3n) is 9.04. The van der Waals surface area contributed by atoms with E-state index < -0.39 is 0 Å². The Bertz CT molecular complexity index is 1230. The van der Waals surface area contributed by atoms with E-state index in [0.717, 1.165) is 41.0 Å². The molecule has 5 aliphatic rings. The van der Waals surface area contributed by atoms with Crippen molar-refractivity contribution in [2.45, 2.75) is 70.9 Å². The summed E-state index contributed by atoms with van der Waals surface area (Å²) in [6.45, 7) is 2.52.